The van der Waals surface area contributed by atoms with E-state index in [9.17, 15) is 0 Å². The summed E-state index contributed by atoms with van der Waals surface area (Å²) in [5, 5.41) is 2.41. The van der Waals surface area contributed by atoms with Gasteiger partial charge in [-0.1, -0.05) is 26.2 Å². The summed E-state index contributed by atoms with van der Waals surface area (Å²) >= 11 is 0. The molecular weight excluding hydrogens is 224 g/mol. The Bertz CT molecular complexity index is 250. The largest absolute Gasteiger partial charge is 0.329 e. The maximum Gasteiger partial charge on any atom is 0.0450 e. The fourth-order valence-electron chi connectivity index (χ4n) is 3.42. The third-order valence-corrected chi connectivity index (χ3v) is 4.81. The fourth-order valence-corrected chi connectivity index (χ4v) is 3.42. The second-order valence-corrected chi connectivity index (χ2v) is 6.26. The monoisotopic (exact) mass is 254 g/mol. The van der Waals surface area contributed by atoms with E-state index in [1.807, 2.05) is 0 Å². The van der Waals surface area contributed by atoms with Crippen LogP contribution >= 0.6 is 0 Å². The maximum atomic E-state index is 6.10. The normalized spacial score (nSPS) is 35.8. The Labute approximate surface area is 112 Å². The van der Waals surface area contributed by atoms with Gasteiger partial charge >= 0.3 is 0 Å². The molecule has 1 saturated carbocycles. The standard InChI is InChI=1S/C14H30N4/c1-3-13-5-4-6-14(11-13,12-15)16-18-9-7-17(2)8-10-18/h13,16H,3-12,15H2,1-2H3. The van der Waals surface area contributed by atoms with Crippen LogP contribution in [0.2, 0.25) is 0 Å². The summed E-state index contributed by atoms with van der Waals surface area (Å²) in [4.78, 5) is 2.39. The van der Waals surface area contributed by atoms with Gasteiger partial charge in [-0.25, -0.2) is 10.4 Å². The number of hydrogen-bond acceptors (Lipinski definition) is 4. The number of rotatable bonds is 4. The van der Waals surface area contributed by atoms with Crippen LogP contribution in [0.1, 0.15) is 39.0 Å². The van der Waals surface area contributed by atoms with E-state index in [-0.39, 0.29) is 5.54 Å². The average molecular weight is 254 g/mol. The highest BCUT2D eigenvalue weighted by atomic mass is 15.5. The smallest absolute Gasteiger partial charge is 0.0450 e. The predicted molar refractivity (Wildman–Crippen MR) is 76.2 cm³/mol. The van der Waals surface area contributed by atoms with Gasteiger partial charge in [-0.3, -0.25) is 0 Å². The van der Waals surface area contributed by atoms with Crippen molar-refractivity contribution in [2.75, 3.05) is 39.8 Å². The number of likely N-dealkylation sites (N-methyl/N-ethyl adjacent to an activating group) is 1. The van der Waals surface area contributed by atoms with Crippen LogP contribution in [0, 0.1) is 5.92 Å². The molecule has 0 aromatic rings. The highest BCUT2D eigenvalue weighted by Crippen LogP contribution is 2.33. The van der Waals surface area contributed by atoms with Crippen LogP contribution in [-0.4, -0.2) is 55.2 Å². The Morgan fingerprint density at radius 3 is 2.61 bits per heavy atom. The van der Waals surface area contributed by atoms with E-state index >= 15 is 0 Å². The lowest BCUT2D eigenvalue weighted by Gasteiger charge is -2.46. The van der Waals surface area contributed by atoms with Gasteiger partial charge < -0.3 is 10.6 Å². The van der Waals surface area contributed by atoms with E-state index in [1.54, 1.807) is 0 Å². The molecule has 1 aliphatic carbocycles. The van der Waals surface area contributed by atoms with Gasteiger partial charge in [-0.15, -0.1) is 0 Å². The molecule has 2 unspecified atom stereocenters. The molecule has 2 atom stereocenters. The zero-order valence-electron chi connectivity index (χ0n) is 12.1. The number of hydrogen-bond donors (Lipinski definition) is 2. The van der Waals surface area contributed by atoms with Crippen LogP contribution in [0.25, 0.3) is 0 Å². The SMILES string of the molecule is CCC1CCCC(CN)(NN2CCN(C)CC2)C1. The molecule has 1 aliphatic heterocycles. The van der Waals surface area contributed by atoms with Crippen molar-refractivity contribution in [3.8, 4) is 0 Å². The van der Waals surface area contributed by atoms with Crippen molar-refractivity contribution in [3.63, 3.8) is 0 Å². The molecule has 0 aromatic carbocycles. The van der Waals surface area contributed by atoms with E-state index in [0.29, 0.717) is 0 Å². The number of nitrogens with one attached hydrogen (secondary N) is 1. The first-order chi connectivity index (χ1) is 8.67. The van der Waals surface area contributed by atoms with Crippen molar-refractivity contribution in [1.82, 2.24) is 15.3 Å². The first kappa shape index (κ1) is 14.3. The summed E-state index contributed by atoms with van der Waals surface area (Å²) in [7, 11) is 2.20. The van der Waals surface area contributed by atoms with Crippen LogP contribution < -0.4 is 11.2 Å². The molecule has 0 bridgehead atoms. The number of piperazine rings is 1. The molecule has 0 aromatic heterocycles. The quantitative estimate of drug-likeness (QED) is 0.787. The molecule has 0 amide bonds. The molecule has 18 heavy (non-hydrogen) atoms. The highest BCUT2D eigenvalue weighted by Gasteiger charge is 2.36. The van der Waals surface area contributed by atoms with Crippen LogP contribution in [0.4, 0.5) is 0 Å². The van der Waals surface area contributed by atoms with Crippen molar-refractivity contribution in [1.29, 1.82) is 0 Å². The first-order valence-corrected chi connectivity index (χ1v) is 7.59. The van der Waals surface area contributed by atoms with Gasteiger partial charge in [0.05, 0.1) is 0 Å². The molecular formula is C14H30N4. The van der Waals surface area contributed by atoms with Gasteiger partial charge in [0.25, 0.3) is 0 Å². The third kappa shape index (κ3) is 3.44. The zero-order chi connectivity index (χ0) is 13.0. The Morgan fingerprint density at radius 2 is 2.00 bits per heavy atom. The number of nitrogens with two attached hydrogens (primary N) is 1. The van der Waals surface area contributed by atoms with Crippen molar-refractivity contribution in [2.45, 2.75) is 44.6 Å². The topological polar surface area (TPSA) is 44.5 Å². The summed E-state index contributed by atoms with van der Waals surface area (Å²) in [5.74, 6) is 0.863. The summed E-state index contributed by atoms with van der Waals surface area (Å²) < 4.78 is 0. The lowest BCUT2D eigenvalue weighted by atomic mass is 9.75. The third-order valence-electron chi connectivity index (χ3n) is 4.81. The van der Waals surface area contributed by atoms with Gasteiger partial charge in [0.1, 0.15) is 0 Å². The fraction of sp³-hybridized carbons (Fsp3) is 1.00. The van der Waals surface area contributed by atoms with Gasteiger partial charge in [0, 0.05) is 38.3 Å². The van der Waals surface area contributed by atoms with E-state index in [1.165, 1.54) is 32.1 Å². The second-order valence-electron chi connectivity index (χ2n) is 6.26. The van der Waals surface area contributed by atoms with Crippen LogP contribution in [0.5, 0.6) is 0 Å². The molecule has 0 radical (unpaired) electrons. The summed E-state index contributed by atoms with van der Waals surface area (Å²) in [5.41, 5.74) is 10.1. The Hall–Kier alpha value is -0.160. The van der Waals surface area contributed by atoms with Crippen molar-refractivity contribution >= 4 is 0 Å². The summed E-state index contributed by atoms with van der Waals surface area (Å²) in [6.07, 6.45) is 6.52. The minimum Gasteiger partial charge on any atom is -0.329 e. The van der Waals surface area contributed by atoms with Gasteiger partial charge in [0.2, 0.25) is 0 Å². The predicted octanol–water partition coefficient (Wildman–Crippen LogP) is 1.04. The highest BCUT2D eigenvalue weighted by molar-refractivity contribution is 4.94. The summed E-state index contributed by atoms with van der Waals surface area (Å²) in [6, 6.07) is 0. The Kier molecular flexibility index (Phi) is 5.01. The lowest BCUT2D eigenvalue weighted by Crippen LogP contribution is -2.63. The van der Waals surface area contributed by atoms with Gasteiger partial charge in [0.15, 0.2) is 0 Å². The van der Waals surface area contributed by atoms with Crippen molar-refractivity contribution < 1.29 is 0 Å². The molecule has 4 nitrogen and oxygen atoms in total. The number of nitrogens with zero attached hydrogens (tertiary/aromatic N) is 2. The minimum absolute atomic E-state index is 0.175. The lowest BCUT2D eigenvalue weighted by molar-refractivity contribution is 0.0284. The van der Waals surface area contributed by atoms with Crippen LogP contribution in [0.15, 0.2) is 0 Å². The van der Waals surface area contributed by atoms with Gasteiger partial charge in [-0.05, 0) is 25.8 Å². The van der Waals surface area contributed by atoms with Crippen LogP contribution in [-0.2, 0) is 0 Å². The molecule has 4 heteroatoms. The molecule has 1 saturated heterocycles. The first-order valence-electron chi connectivity index (χ1n) is 7.59. The van der Waals surface area contributed by atoms with Gasteiger partial charge in [-0.2, -0.15) is 0 Å². The van der Waals surface area contributed by atoms with E-state index in [0.717, 1.165) is 38.6 Å². The second kappa shape index (κ2) is 6.33. The Balaban J connectivity index is 1.91. The summed E-state index contributed by atoms with van der Waals surface area (Å²) in [6.45, 7) is 7.64. The molecule has 0 spiro atoms. The average Bonchev–Trinajstić information content (AvgIpc) is 2.42. The molecule has 2 rings (SSSR count). The Morgan fingerprint density at radius 1 is 1.28 bits per heavy atom. The number of hydrazine groups is 1. The molecule has 2 aliphatic rings. The van der Waals surface area contributed by atoms with E-state index in [2.05, 4.69) is 29.3 Å². The van der Waals surface area contributed by atoms with Crippen LogP contribution in [0.3, 0.4) is 0 Å². The minimum atomic E-state index is 0.175. The van der Waals surface area contributed by atoms with E-state index < -0.39 is 0 Å². The maximum absolute atomic E-state index is 6.10. The van der Waals surface area contributed by atoms with E-state index in [4.69, 9.17) is 5.73 Å². The molecule has 3 N–H and O–H groups in total. The zero-order valence-corrected chi connectivity index (χ0v) is 12.1. The van der Waals surface area contributed by atoms with Crippen molar-refractivity contribution in [2.24, 2.45) is 11.7 Å². The molecule has 2 fully saturated rings. The van der Waals surface area contributed by atoms with Crippen molar-refractivity contribution in [3.05, 3.63) is 0 Å². The molecule has 1 heterocycles. The molecule has 106 valence electrons.